The van der Waals surface area contributed by atoms with E-state index in [-0.39, 0.29) is 29.7 Å². The lowest BCUT2D eigenvalue weighted by Crippen LogP contribution is -2.41. The van der Waals surface area contributed by atoms with Crippen LogP contribution in [0.3, 0.4) is 0 Å². The first kappa shape index (κ1) is 12.6. The van der Waals surface area contributed by atoms with Crippen LogP contribution in [-0.4, -0.2) is 21.8 Å². The lowest BCUT2D eigenvalue weighted by molar-refractivity contribution is -0.148. The molecule has 1 aliphatic heterocycles. The highest BCUT2D eigenvalue weighted by Crippen LogP contribution is 2.50. The Kier molecular flexibility index (Phi) is 2.67. The summed E-state index contributed by atoms with van der Waals surface area (Å²) < 4.78 is 0. The van der Waals surface area contributed by atoms with Gasteiger partial charge in [-0.1, -0.05) is 30.7 Å². The molecule has 2 unspecified atom stereocenters. The molecule has 21 heavy (non-hydrogen) atoms. The molecule has 2 fully saturated rings. The van der Waals surface area contributed by atoms with E-state index in [1.807, 2.05) is 24.3 Å². The highest BCUT2D eigenvalue weighted by Gasteiger charge is 2.53. The predicted molar refractivity (Wildman–Crippen MR) is 76.3 cm³/mol. The molecule has 3 aliphatic rings. The van der Waals surface area contributed by atoms with Crippen molar-refractivity contribution in [1.29, 1.82) is 0 Å². The third-order valence-electron chi connectivity index (χ3n) is 5.17. The van der Waals surface area contributed by atoms with Crippen LogP contribution in [0.4, 0.5) is 0 Å². The molecule has 0 aromatic heterocycles. The van der Waals surface area contributed by atoms with Gasteiger partial charge in [-0.25, -0.2) is 0 Å². The largest absolute Gasteiger partial charge is 0.515 e. The number of benzene rings is 1. The molecule has 4 rings (SSSR count). The normalized spacial score (nSPS) is 29.4. The van der Waals surface area contributed by atoms with Crippen LogP contribution in [0.25, 0.3) is 0 Å². The van der Waals surface area contributed by atoms with Crippen molar-refractivity contribution >= 4 is 11.8 Å². The van der Waals surface area contributed by atoms with Gasteiger partial charge in [-0.2, -0.15) is 0 Å². The average molecular weight is 283 g/mol. The summed E-state index contributed by atoms with van der Waals surface area (Å²) in [5, 5.41) is 9.45. The van der Waals surface area contributed by atoms with Gasteiger partial charge in [0.25, 0.3) is 5.91 Å². The predicted octanol–water partition coefficient (Wildman–Crippen LogP) is 2.51. The van der Waals surface area contributed by atoms with Gasteiger partial charge in [0.1, 0.15) is 0 Å². The maximum absolute atomic E-state index is 12.6. The number of amides is 2. The Balaban J connectivity index is 1.79. The highest BCUT2D eigenvalue weighted by atomic mass is 16.2. The Morgan fingerprint density at radius 1 is 1.29 bits per heavy atom. The molecule has 0 bridgehead atoms. The molecule has 2 aliphatic carbocycles. The average Bonchev–Trinajstić information content (AvgIpc) is 2.89. The molecule has 2 amide bonds. The second kappa shape index (κ2) is 4.45. The topological polar surface area (TPSA) is 57.6 Å². The molecular weight excluding hydrogens is 266 g/mol. The number of imide groups is 1. The van der Waals surface area contributed by atoms with Gasteiger partial charge in [0.05, 0.1) is 17.9 Å². The number of nitrogens with zero attached hydrogens (tertiary/aromatic N) is 1. The van der Waals surface area contributed by atoms with Gasteiger partial charge in [0.15, 0.2) is 0 Å². The third-order valence-corrected chi connectivity index (χ3v) is 5.17. The molecule has 1 aromatic rings. The Morgan fingerprint density at radius 2 is 2.05 bits per heavy atom. The number of aliphatic hydroxyl groups is 1. The molecule has 1 saturated heterocycles. The van der Waals surface area contributed by atoms with Crippen molar-refractivity contribution in [3.63, 3.8) is 0 Å². The van der Waals surface area contributed by atoms with Crippen molar-refractivity contribution in [2.45, 2.75) is 31.7 Å². The minimum atomic E-state index is -0.307. The molecule has 1 saturated carbocycles. The van der Waals surface area contributed by atoms with Crippen LogP contribution >= 0.6 is 0 Å². The highest BCUT2D eigenvalue weighted by molar-refractivity contribution is 6.08. The van der Waals surface area contributed by atoms with Gasteiger partial charge >= 0.3 is 0 Å². The first-order chi connectivity index (χ1) is 10.2. The molecule has 4 heteroatoms. The molecule has 1 aromatic carbocycles. The van der Waals surface area contributed by atoms with Crippen molar-refractivity contribution in [3.05, 3.63) is 47.2 Å². The second-order valence-corrected chi connectivity index (χ2v) is 6.18. The van der Waals surface area contributed by atoms with E-state index in [2.05, 4.69) is 0 Å². The number of carbonyl (C=O) groups excluding carboxylic acids is 2. The van der Waals surface area contributed by atoms with Gasteiger partial charge in [-0.05, 0) is 30.4 Å². The van der Waals surface area contributed by atoms with Crippen LogP contribution in [0.15, 0.2) is 36.1 Å². The Hall–Kier alpha value is -2.10. The smallest absolute Gasteiger partial charge is 0.260 e. The zero-order chi connectivity index (χ0) is 14.6. The van der Waals surface area contributed by atoms with E-state index in [9.17, 15) is 14.7 Å². The molecule has 108 valence electrons. The van der Waals surface area contributed by atoms with Crippen molar-refractivity contribution in [3.8, 4) is 0 Å². The fourth-order valence-electron chi connectivity index (χ4n) is 3.84. The zero-order valence-corrected chi connectivity index (χ0v) is 11.7. The summed E-state index contributed by atoms with van der Waals surface area (Å²) in [6.07, 6.45) is 4.43. The Labute approximate surface area is 123 Å². The van der Waals surface area contributed by atoms with Gasteiger partial charge in [-0.3, -0.25) is 14.5 Å². The lowest BCUT2D eigenvalue weighted by atomic mass is 9.84. The third kappa shape index (κ3) is 1.62. The van der Waals surface area contributed by atoms with Gasteiger partial charge in [-0.15, -0.1) is 0 Å². The van der Waals surface area contributed by atoms with E-state index in [0.29, 0.717) is 12.0 Å². The minimum absolute atomic E-state index is 0.0135. The molecular formula is C17H17NO3. The monoisotopic (exact) mass is 283 g/mol. The molecule has 2 atom stereocenters. The Bertz CT molecular complexity index is 660. The summed E-state index contributed by atoms with van der Waals surface area (Å²) in [6.45, 7) is 0. The summed E-state index contributed by atoms with van der Waals surface area (Å²) in [7, 11) is 0. The van der Waals surface area contributed by atoms with Crippen LogP contribution < -0.4 is 0 Å². The van der Waals surface area contributed by atoms with Gasteiger partial charge in [0, 0.05) is 11.8 Å². The quantitative estimate of drug-likeness (QED) is 0.489. The summed E-state index contributed by atoms with van der Waals surface area (Å²) in [5.41, 5.74) is 2.61. The van der Waals surface area contributed by atoms with E-state index < -0.39 is 0 Å². The van der Waals surface area contributed by atoms with Gasteiger partial charge in [0.2, 0.25) is 5.91 Å². The fraction of sp³-hybridized carbons (Fsp3) is 0.412. The van der Waals surface area contributed by atoms with Crippen molar-refractivity contribution in [2.75, 3.05) is 0 Å². The summed E-state index contributed by atoms with van der Waals surface area (Å²) in [4.78, 5) is 26.6. The number of likely N-dealkylation sites (tertiary alicyclic amines) is 1. The maximum atomic E-state index is 12.6. The molecule has 0 radical (unpaired) electrons. The van der Waals surface area contributed by atoms with E-state index in [1.54, 1.807) is 0 Å². The standard InChI is InChI=1S/C17H17NO3/c19-9-14-13-8-11-4-1-2-7-12(11)15(13)18(17(14)21)16(20)10-5-3-6-10/h1-2,4,7,9-10,13,15,19H,3,5-6,8H2/b14-9-. The first-order valence-corrected chi connectivity index (χ1v) is 7.52. The number of carbonyl (C=O) groups is 2. The van der Waals surface area contributed by atoms with E-state index in [4.69, 9.17) is 0 Å². The van der Waals surface area contributed by atoms with Crippen molar-refractivity contribution < 1.29 is 14.7 Å². The Morgan fingerprint density at radius 3 is 2.71 bits per heavy atom. The van der Waals surface area contributed by atoms with Crippen LogP contribution in [0.5, 0.6) is 0 Å². The van der Waals surface area contributed by atoms with E-state index in [1.165, 1.54) is 10.5 Å². The summed E-state index contributed by atoms with van der Waals surface area (Å²) in [6, 6.07) is 7.73. The maximum Gasteiger partial charge on any atom is 0.260 e. The van der Waals surface area contributed by atoms with Crippen LogP contribution in [0.2, 0.25) is 0 Å². The lowest BCUT2D eigenvalue weighted by Gasteiger charge is -2.31. The molecule has 1 N–H and O–H groups in total. The number of rotatable bonds is 1. The van der Waals surface area contributed by atoms with Gasteiger partial charge < -0.3 is 5.11 Å². The van der Waals surface area contributed by atoms with Crippen molar-refractivity contribution in [1.82, 2.24) is 4.90 Å². The molecule has 4 nitrogen and oxygen atoms in total. The number of fused-ring (bicyclic) bond motifs is 3. The van der Waals surface area contributed by atoms with Crippen LogP contribution in [0, 0.1) is 11.8 Å². The number of hydrogen-bond acceptors (Lipinski definition) is 3. The summed E-state index contributed by atoms with van der Waals surface area (Å²) >= 11 is 0. The minimum Gasteiger partial charge on any atom is -0.515 e. The molecule has 1 heterocycles. The van der Waals surface area contributed by atoms with Crippen molar-refractivity contribution in [2.24, 2.45) is 11.8 Å². The summed E-state index contributed by atoms with van der Waals surface area (Å²) in [5.74, 6) is -0.474. The van der Waals surface area contributed by atoms with E-state index in [0.717, 1.165) is 31.1 Å². The van der Waals surface area contributed by atoms with E-state index >= 15 is 0 Å². The first-order valence-electron chi connectivity index (χ1n) is 7.52. The van der Waals surface area contributed by atoms with Crippen LogP contribution in [-0.2, 0) is 16.0 Å². The number of aliphatic hydroxyl groups excluding tert-OH is 1. The second-order valence-electron chi connectivity index (χ2n) is 6.18. The SMILES string of the molecule is O=C1/C(=C\O)C2Cc3ccccc3C2N1C(=O)C1CCC1. The molecule has 0 spiro atoms. The van der Waals surface area contributed by atoms with Crippen LogP contribution in [0.1, 0.15) is 36.4 Å². The number of hydrogen-bond donors (Lipinski definition) is 1. The zero-order valence-electron chi connectivity index (χ0n) is 11.7. The fourth-order valence-corrected chi connectivity index (χ4v) is 3.84.